The van der Waals surface area contributed by atoms with Crippen molar-refractivity contribution in [1.82, 2.24) is 14.5 Å². The second-order valence-corrected chi connectivity index (χ2v) is 10.7. The van der Waals surface area contributed by atoms with Crippen molar-refractivity contribution in [3.8, 4) is 0 Å². The molecule has 1 heterocycles. The van der Waals surface area contributed by atoms with Gasteiger partial charge in [-0.05, 0) is 50.0 Å². The molecular formula is C20H28FN3O3S. The Morgan fingerprint density at radius 3 is 2.36 bits per heavy atom. The molecule has 1 saturated carbocycles. The molecule has 0 unspecified atom stereocenters. The third-order valence-electron chi connectivity index (χ3n) is 5.77. The van der Waals surface area contributed by atoms with E-state index in [9.17, 15) is 17.6 Å². The second-order valence-electron chi connectivity index (χ2n) is 8.95. The molecule has 0 spiro atoms. The number of amides is 1. The van der Waals surface area contributed by atoms with Crippen LogP contribution in [0, 0.1) is 24.1 Å². The van der Waals surface area contributed by atoms with Gasteiger partial charge in [0.1, 0.15) is 5.82 Å². The topological polar surface area (TPSA) is 81.1 Å². The van der Waals surface area contributed by atoms with Gasteiger partial charge in [-0.1, -0.05) is 20.8 Å². The molecule has 0 aliphatic heterocycles. The zero-order valence-corrected chi connectivity index (χ0v) is 17.9. The van der Waals surface area contributed by atoms with Gasteiger partial charge in [-0.15, -0.1) is 0 Å². The van der Waals surface area contributed by atoms with Crippen LogP contribution in [-0.2, 0) is 10.0 Å². The van der Waals surface area contributed by atoms with Crippen molar-refractivity contribution < 1.29 is 17.6 Å². The van der Waals surface area contributed by atoms with Crippen LogP contribution in [0.5, 0.6) is 0 Å². The van der Waals surface area contributed by atoms with Gasteiger partial charge in [0.2, 0.25) is 10.0 Å². The van der Waals surface area contributed by atoms with E-state index in [0.29, 0.717) is 22.5 Å². The monoisotopic (exact) mass is 409 g/mol. The largest absolute Gasteiger partial charge is 0.268 e. The first-order chi connectivity index (χ1) is 12.9. The summed E-state index contributed by atoms with van der Waals surface area (Å²) in [5, 5.41) is 5.28. The number of sulfonamides is 1. The van der Waals surface area contributed by atoms with Crippen LogP contribution in [0.15, 0.2) is 12.1 Å². The van der Waals surface area contributed by atoms with E-state index in [4.69, 9.17) is 0 Å². The molecular weight excluding hydrogens is 381 g/mol. The molecule has 6 nitrogen and oxygen atoms in total. The summed E-state index contributed by atoms with van der Waals surface area (Å²) in [4.78, 5) is 12.1. The molecule has 0 saturated heterocycles. The van der Waals surface area contributed by atoms with Gasteiger partial charge in [0.25, 0.3) is 5.91 Å². The summed E-state index contributed by atoms with van der Waals surface area (Å²) in [6.07, 6.45) is 5.03. The number of carbonyl (C=O) groups is 1. The summed E-state index contributed by atoms with van der Waals surface area (Å²) in [6.45, 7) is 8.62. The van der Waals surface area contributed by atoms with Crippen LogP contribution >= 0.6 is 0 Å². The Hall–Kier alpha value is -1.96. The Labute approximate surface area is 165 Å². The van der Waals surface area contributed by atoms with Crippen LogP contribution in [0.4, 0.5) is 4.39 Å². The van der Waals surface area contributed by atoms with E-state index < -0.39 is 21.7 Å². The molecule has 0 atom stereocenters. The van der Waals surface area contributed by atoms with Crippen LogP contribution in [0.2, 0.25) is 0 Å². The summed E-state index contributed by atoms with van der Waals surface area (Å²) < 4.78 is 40.9. The van der Waals surface area contributed by atoms with Crippen LogP contribution in [0.25, 0.3) is 10.9 Å². The fourth-order valence-corrected chi connectivity index (χ4v) is 4.62. The van der Waals surface area contributed by atoms with E-state index >= 15 is 0 Å². The first kappa shape index (κ1) is 20.8. The molecule has 8 heteroatoms. The summed E-state index contributed by atoms with van der Waals surface area (Å²) in [5.41, 5.74) is 1.32. The van der Waals surface area contributed by atoms with E-state index in [1.165, 1.54) is 12.1 Å². The van der Waals surface area contributed by atoms with E-state index in [-0.39, 0.29) is 17.0 Å². The zero-order valence-electron chi connectivity index (χ0n) is 17.0. The molecule has 28 heavy (non-hydrogen) atoms. The van der Waals surface area contributed by atoms with E-state index in [0.717, 1.165) is 31.9 Å². The number of nitrogens with zero attached hydrogens (tertiary/aromatic N) is 2. The minimum absolute atomic E-state index is 0.199. The van der Waals surface area contributed by atoms with Crippen molar-refractivity contribution in [2.24, 2.45) is 11.3 Å². The third kappa shape index (κ3) is 4.21. The minimum Gasteiger partial charge on any atom is -0.268 e. The van der Waals surface area contributed by atoms with Crippen molar-refractivity contribution in [3.63, 3.8) is 0 Å². The van der Waals surface area contributed by atoms with Gasteiger partial charge in [-0.2, -0.15) is 5.10 Å². The summed E-state index contributed by atoms with van der Waals surface area (Å²) >= 11 is 0. The number of hydrogen-bond acceptors (Lipinski definition) is 4. The molecule has 1 N–H and O–H groups in total. The molecule has 1 amide bonds. The Morgan fingerprint density at radius 2 is 1.82 bits per heavy atom. The smallest absolute Gasteiger partial charge is 0.267 e. The summed E-state index contributed by atoms with van der Waals surface area (Å²) in [5.74, 6) is -1.06. The quantitative estimate of drug-likeness (QED) is 0.832. The number of rotatable bonds is 3. The van der Waals surface area contributed by atoms with Crippen molar-refractivity contribution >= 4 is 26.8 Å². The lowest BCUT2D eigenvalue weighted by Crippen LogP contribution is -2.30. The number of halogens is 1. The van der Waals surface area contributed by atoms with Crippen LogP contribution in [-0.4, -0.2) is 30.4 Å². The van der Waals surface area contributed by atoms with Crippen LogP contribution in [0.3, 0.4) is 0 Å². The van der Waals surface area contributed by atoms with Gasteiger partial charge in [0, 0.05) is 11.5 Å². The van der Waals surface area contributed by atoms with Gasteiger partial charge >= 0.3 is 0 Å². The Kier molecular flexibility index (Phi) is 5.29. The zero-order chi connectivity index (χ0) is 20.9. The first-order valence-corrected chi connectivity index (χ1v) is 11.5. The van der Waals surface area contributed by atoms with E-state index in [2.05, 4.69) is 25.9 Å². The molecule has 2 aromatic rings. The number of carbonyl (C=O) groups excluding carboxylic acids is 1. The van der Waals surface area contributed by atoms with Gasteiger partial charge in [0.05, 0.1) is 29.1 Å². The fourth-order valence-electron chi connectivity index (χ4n) is 4.17. The minimum atomic E-state index is -3.77. The predicted octanol–water partition coefficient (Wildman–Crippen LogP) is 3.95. The number of fused-ring (bicyclic) bond motifs is 1. The molecule has 1 aliphatic carbocycles. The Bertz CT molecular complexity index is 1010. The molecule has 0 radical (unpaired) electrons. The molecule has 1 aromatic heterocycles. The highest BCUT2D eigenvalue weighted by atomic mass is 32.2. The normalized spacial score (nSPS) is 21.1. The van der Waals surface area contributed by atoms with Crippen LogP contribution in [0.1, 0.15) is 68.5 Å². The SMILES string of the molecule is Cc1nn(C2CCC(C(C)(C)C)CC2)c2cc(F)c(C(=O)NS(C)(=O)=O)cc12. The maximum absolute atomic E-state index is 14.6. The van der Waals surface area contributed by atoms with Crippen molar-refractivity contribution in [2.45, 2.75) is 59.4 Å². The first-order valence-electron chi connectivity index (χ1n) is 9.57. The van der Waals surface area contributed by atoms with Crippen LogP contribution < -0.4 is 4.72 Å². The Balaban J connectivity index is 1.93. The average Bonchev–Trinajstić information content (AvgIpc) is 2.88. The second kappa shape index (κ2) is 7.13. The molecule has 3 rings (SSSR count). The van der Waals surface area contributed by atoms with Crippen molar-refractivity contribution in [3.05, 3.63) is 29.2 Å². The summed E-state index contributed by atoms with van der Waals surface area (Å²) in [7, 11) is -3.77. The number of nitrogens with one attached hydrogen (secondary N) is 1. The number of aromatic nitrogens is 2. The van der Waals surface area contributed by atoms with Gasteiger partial charge in [0.15, 0.2) is 0 Å². The lowest BCUT2D eigenvalue weighted by Gasteiger charge is -2.37. The fraction of sp³-hybridized carbons (Fsp3) is 0.600. The van der Waals surface area contributed by atoms with Gasteiger partial charge < -0.3 is 0 Å². The maximum Gasteiger partial charge on any atom is 0.267 e. The molecule has 1 aromatic carbocycles. The summed E-state index contributed by atoms with van der Waals surface area (Å²) in [6, 6.07) is 2.89. The molecule has 154 valence electrons. The lowest BCUT2D eigenvalue weighted by atomic mass is 9.71. The number of aryl methyl sites for hydroxylation is 1. The average molecular weight is 410 g/mol. The van der Waals surface area contributed by atoms with Crippen molar-refractivity contribution in [2.75, 3.05) is 6.26 Å². The van der Waals surface area contributed by atoms with E-state index in [1.807, 2.05) is 16.3 Å². The third-order valence-corrected chi connectivity index (χ3v) is 6.33. The molecule has 1 aliphatic rings. The highest BCUT2D eigenvalue weighted by Crippen LogP contribution is 2.42. The molecule has 0 bridgehead atoms. The van der Waals surface area contributed by atoms with E-state index in [1.54, 1.807) is 0 Å². The number of hydrogen-bond donors (Lipinski definition) is 1. The highest BCUT2D eigenvalue weighted by Gasteiger charge is 2.31. The standard InChI is InChI=1S/C20H28FN3O3S/c1-12-15-10-16(19(25)23-28(5,26)27)17(21)11-18(15)24(22-12)14-8-6-13(7-9-14)20(2,3)4/h10-11,13-14H,6-9H2,1-5H3,(H,23,25). The highest BCUT2D eigenvalue weighted by molar-refractivity contribution is 7.89. The van der Waals surface area contributed by atoms with Gasteiger partial charge in [-0.25, -0.2) is 17.5 Å². The predicted molar refractivity (Wildman–Crippen MR) is 107 cm³/mol. The maximum atomic E-state index is 14.6. The van der Waals surface area contributed by atoms with Gasteiger partial charge in [-0.3, -0.25) is 9.48 Å². The molecule has 1 fully saturated rings. The van der Waals surface area contributed by atoms with Crippen molar-refractivity contribution in [1.29, 1.82) is 0 Å². The lowest BCUT2D eigenvalue weighted by molar-refractivity contribution is 0.0978. The number of benzene rings is 1. The Morgan fingerprint density at radius 1 is 1.21 bits per heavy atom.